The van der Waals surface area contributed by atoms with Gasteiger partial charge >= 0.3 is 6.43 Å². The number of hydrogen-bond acceptors (Lipinski definition) is 0. The van der Waals surface area contributed by atoms with Gasteiger partial charge in [0.1, 0.15) is 0 Å². The van der Waals surface area contributed by atoms with Gasteiger partial charge in [-0.25, -0.2) is 0 Å². The van der Waals surface area contributed by atoms with Gasteiger partial charge in [-0.1, -0.05) is 18.1 Å². The summed E-state index contributed by atoms with van der Waals surface area (Å²) >= 11 is 0. The molecule has 0 aliphatic rings. The van der Waals surface area contributed by atoms with E-state index in [9.17, 15) is 8.78 Å². The Bertz CT molecular complexity index is 267. The fourth-order valence-corrected chi connectivity index (χ4v) is 0.692. The second kappa shape index (κ2) is 3.16. The molecule has 0 aliphatic carbocycles. The molecule has 1 rings (SSSR count). The van der Waals surface area contributed by atoms with Crippen LogP contribution >= 0.6 is 0 Å². The number of halogens is 2. The van der Waals surface area contributed by atoms with Gasteiger partial charge in [0.2, 0.25) is 0 Å². The Morgan fingerprint density at radius 2 is 1.73 bits per heavy atom. The lowest BCUT2D eigenvalue weighted by Gasteiger charge is -1.95. The third-order valence-electron chi connectivity index (χ3n) is 1.27. The molecule has 0 heterocycles. The first-order chi connectivity index (χ1) is 5.24. The highest BCUT2D eigenvalue weighted by molar-refractivity contribution is 5.36. The second-order valence-electron chi connectivity index (χ2n) is 1.98. The summed E-state index contributed by atoms with van der Waals surface area (Å²) in [6, 6.07) is 5.55. The molecule has 11 heavy (non-hydrogen) atoms. The minimum absolute atomic E-state index is 0.0796. The Morgan fingerprint density at radius 3 is 2.09 bits per heavy atom. The monoisotopic (exact) mass is 151 g/mol. The van der Waals surface area contributed by atoms with Crippen molar-refractivity contribution < 1.29 is 8.78 Å². The lowest BCUT2D eigenvalue weighted by atomic mass is 10.1. The highest BCUT2D eigenvalue weighted by Crippen LogP contribution is 2.16. The molecule has 0 saturated carbocycles. The summed E-state index contributed by atoms with van der Waals surface area (Å²) in [4.78, 5) is 0. The molecule has 0 fully saturated rings. The number of benzene rings is 1. The first-order valence-corrected chi connectivity index (χ1v) is 2.99. The van der Waals surface area contributed by atoms with Crippen molar-refractivity contribution in [2.24, 2.45) is 0 Å². The SMILES string of the molecule is C#Cc1ccc([C](F)F)cc1. The molecular weight excluding hydrogens is 146 g/mol. The average molecular weight is 151 g/mol. The number of hydrogen-bond donors (Lipinski definition) is 0. The van der Waals surface area contributed by atoms with E-state index in [-0.39, 0.29) is 5.56 Å². The average Bonchev–Trinajstić information content (AvgIpc) is 2.05. The molecule has 0 bridgehead atoms. The fraction of sp³-hybridized carbons (Fsp3) is 0. The summed E-state index contributed by atoms with van der Waals surface area (Å²) in [5, 5.41) is 0. The van der Waals surface area contributed by atoms with Crippen LogP contribution in [0.4, 0.5) is 8.78 Å². The zero-order chi connectivity index (χ0) is 8.27. The summed E-state index contributed by atoms with van der Waals surface area (Å²) in [5.41, 5.74) is 0.527. The van der Waals surface area contributed by atoms with Crippen molar-refractivity contribution in [2.45, 2.75) is 0 Å². The zero-order valence-electron chi connectivity index (χ0n) is 5.64. The Balaban J connectivity index is 2.94. The maximum Gasteiger partial charge on any atom is 0.339 e. The Kier molecular flexibility index (Phi) is 2.22. The Hall–Kier alpha value is -1.36. The molecule has 0 aromatic heterocycles. The van der Waals surface area contributed by atoms with E-state index >= 15 is 0 Å². The molecule has 0 spiro atoms. The van der Waals surface area contributed by atoms with Crippen molar-refractivity contribution in [2.75, 3.05) is 0 Å². The third-order valence-corrected chi connectivity index (χ3v) is 1.27. The van der Waals surface area contributed by atoms with E-state index in [0.717, 1.165) is 0 Å². The van der Waals surface area contributed by atoms with Gasteiger partial charge in [0.15, 0.2) is 0 Å². The van der Waals surface area contributed by atoms with Crippen LogP contribution in [0.2, 0.25) is 0 Å². The molecule has 0 N–H and O–H groups in total. The summed E-state index contributed by atoms with van der Waals surface area (Å²) in [7, 11) is 0. The van der Waals surface area contributed by atoms with Gasteiger partial charge in [-0.2, -0.15) is 8.78 Å². The number of terminal acetylenes is 1. The van der Waals surface area contributed by atoms with Gasteiger partial charge < -0.3 is 0 Å². The largest absolute Gasteiger partial charge is 0.339 e. The molecule has 0 saturated heterocycles. The molecular formula is C9H5F2. The number of rotatable bonds is 1. The third kappa shape index (κ3) is 1.78. The van der Waals surface area contributed by atoms with E-state index in [1.54, 1.807) is 0 Å². The zero-order valence-corrected chi connectivity index (χ0v) is 5.64. The van der Waals surface area contributed by atoms with Crippen molar-refractivity contribution in [3.05, 3.63) is 41.8 Å². The predicted molar refractivity (Wildman–Crippen MR) is 38.9 cm³/mol. The molecule has 1 aromatic rings. The van der Waals surface area contributed by atoms with Crippen LogP contribution in [0.15, 0.2) is 24.3 Å². The van der Waals surface area contributed by atoms with Crippen molar-refractivity contribution in [3.8, 4) is 12.3 Å². The Morgan fingerprint density at radius 1 is 1.18 bits per heavy atom. The van der Waals surface area contributed by atoms with E-state index in [2.05, 4.69) is 5.92 Å². The smallest absolute Gasteiger partial charge is 0.194 e. The first kappa shape index (κ1) is 7.74. The summed E-state index contributed by atoms with van der Waals surface area (Å²) < 4.78 is 23.7. The topological polar surface area (TPSA) is 0 Å². The van der Waals surface area contributed by atoms with Crippen LogP contribution in [-0.2, 0) is 0 Å². The molecule has 0 amide bonds. The molecule has 2 heteroatoms. The summed E-state index contributed by atoms with van der Waals surface area (Å²) in [5.74, 6) is 2.34. The predicted octanol–water partition coefficient (Wildman–Crippen LogP) is 2.44. The van der Waals surface area contributed by atoms with Crippen LogP contribution in [-0.4, -0.2) is 0 Å². The van der Waals surface area contributed by atoms with E-state index in [1.807, 2.05) is 0 Å². The minimum atomic E-state index is -1.69. The normalized spacial score (nSPS) is 9.64. The minimum Gasteiger partial charge on any atom is -0.194 e. The molecule has 0 nitrogen and oxygen atoms in total. The van der Waals surface area contributed by atoms with Crippen molar-refractivity contribution in [3.63, 3.8) is 0 Å². The highest BCUT2D eigenvalue weighted by Gasteiger charge is 2.07. The van der Waals surface area contributed by atoms with Crippen molar-refractivity contribution in [1.29, 1.82) is 0 Å². The summed E-state index contributed by atoms with van der Waals surface area (Å²) in [6.07, 6.45) is 3.35. The molecule has 55 valence electrons. The van der Waals surface area contributed by atoms with E-state index in [0.29, 0.717) is 5.56 Å². The van der Waals surface area contributed by atoms with Gasteiger partial charge in [-0.3, -0.25) is 0 Å². The van der Waals surface area contributed by atoms with Gasteiger partial charge in [0, 0.05) is 11.1 Å². The van der Waals surface area contributed by atoms with E-state index in [4.69, 9.17) is 6.42 Å². The van der Waals surface area contributed by atoms with E-state index < -0.39 is 6.43 Å². The van der Waals surface area contributed by atoms with Crippen LogP contribution in [0, 0.1) is 18.8 Å². The molecule has 0 aliphatic heterocycles. The van der Waals surface area contributed by atoms with Gasteiger partial charge in [0.25, 0.3) is 0 Å². The van der Waals surface area contributed by atoms with Crippen LogP contribution in [0.5, 0.6) is 0 Å². The van der Waals surface area contributed by atoms with Crippen LogP contribution in [0.3, 0.4) is 0 Å². The molecule has 0 unspecified atom stereocenters. The van der Waals surface area contributed by atoms with Gasteiger partial charge in [-0.05, 0) is 12.1 Å². The van der Waals surface area contributed by atoms with Gasteiger partial charge in [0.05, 0.1) is 0 Å². The molecule has 0 atom stereocenters. The summed E-state index contributed by atoms with van der Waals surface area (Å²) in [6.45, 7) is 0. The van der Waals surface area contributed by atoms with Crippen LogP contribution in [0.25, 0.3) is 0 Å². The van der Waals surface area contributed by atoms with E-state index in [1.165, 1.54) is 24.3 Å². The van der Waals surface area contributed by atoms with Crippen LogP contribution in [0.1, 0.15) is 11.1 Å². The Labute approximate surface area is 63.9 Å². The van der Waals surface area contributed by atoms with Crippen molar-refractivity contribution >= 4 is 0 Å². The maximum atomic E-state index is 11.9. The second-order valence-corrected chi connectivity index (χ2v) is 1.98. The first-order valence-electron chi connectivity index (χ1n) is 2.99. The van der Waals surface area contributed by atoms with Gasteiger partial charge in [-0.15, -0.1) is 6.42 Å². The molecule has 1 aromatic carbocycles. The molecule has 1 radical (unpaired) electrons. The quantitative estimate of drug-likeness (QED) is 0.541. The maximum absolute atomic E-state index is 11.9. The fourth-order valence-electron chi connectivity index (χ4n) is 0.692. The standard InChI is InChI=1S/C9H5F2/c1-2-7-3-5-8(6-4-7)9(10)11/h1,3-6H. The lowest BCUT2D eigenvalue weighted by molar-refractivity contribution is 0.325. The highest BCUT2D eigenvalue weighted by atomic mass is 19.3. The lowest BCUT2D eigenvalue weighted by Crippen LogP contribution is -1.83. The van der Waals surface area contributed by atoms with Crippen molar-refractivity contribution in [1.82, 2.24) is 0 Å². The van der Waals surface area contributed by atoms with Crippen LogP contribution < -0.4 is 0 Å².